The van der Waals surface area contributed by atoms with Gasteiger partial charge in [-0.2, -0.15) is 5.10 Å². The minimum Gasteiger partial charge on any atom is -0.487 e. The van der Waals surface area contributed by atoms with Crippen LogP contribution in [0.5, 0.6) is 5.75 Å². The average Bonchev–Trinajstić information content (AvgIpc) is 3.18. The third kappa shape index (κ3) is 6.19. The molecule has 4 aromatic rings. The largest absolute Gasteiger partial charge is 0.487 e. The first-order valence-electron chi connectivity index (χ1n) is 10.2. The van der Waals surface area contributed by atoms with E-state index in [9.17, 15) is 14.9 Å². The molecule has 1 heterocycles. The van der Waals surface area contributed by atoms with Crippen molar-refractivity contribution in [1.82, 2.24) is 9.78 Å². The fourth-order valence-electron chi connectivity index (χ4n) is 3.18. The summed E-state index contributed by atoms with van der Waals surface area (Å²) in [5, 5.41) is 18.8. The molecule has 0 spiro atoms. The third-order valence-corrected chi connectivity index (χ3v) is 6.22. The van der Waals surface area contributed by atoms with E-state index in [4.69, 9.17) is 27.9 Å². The van der Waals surface area contributed by atoms with Crippen LogP contribution in [-0.4, -0.2) is 20.6 Å². The molecule has 0 fully saturated rings. The zero-order valence-corrected chi connectivity index (χ0v) is 21.0. The average molecular weight is 576 g/mol. The van der Waals surface area contributed by atoms with Gasteiger partial charge in [-0.1, -0.05) is 53.5 Å². The highest BCUT2D eigenvalue weighted by Crippen LogP contribution is 2.29. The van der Waals surface area contributed by atoms with Gasteiger partial charge in [0, 0.05) is 28.9 Å². The summed E-state index contributed by atoms with van der Waals surface area (Å²) in [7, 11) is 0. The Morgan fingerprint density at radius 3 is 2.51 bits per heavy atom. The van der Waals surface area contributed by atoms with Crippen molar-refractivity contribution in [2.45, 2.75) is 13.2 Å². The Hall–Kier alpha value is -3.40. The molecule has 178 valence electrons. The van der Waals surface area contributed by atoms with Gasteiger partial charge in [0.2, 0.25) is 0 Å². The summed E-state index contributed by atoms with van der Waals surface area (Å²) in [6.45, 7) is 0.638. The van der Waals surface area contributed by atoms with Crippen LogP contribution in [0.15, 0.2) is 77.4 Å². The van der Waals surface area contributed by atoms with E-state index in [1.165, 1.54) is 18.2 Å². The Balaban J connectivity index is 1.37. The van der Waals surface area contributed by atoms with Gasteiger partial charge in [0.25, 0.3) is 11.6 Å². The lowest BCUT2D eigenvalue weighted by Gasteiger charge is -2.09. The highest BCUT2D eigenvalue weighted by Gasteiger charge is 2.14. The van der Waals surface area contributed by atoms with Crippen molar-refractivity contribution in [3.05, 3.63) is 114 Å². The summed E-state index contributed by atoms with van der Waals surface area (Å²) in [5.74, 6) is 0.401. The summed E-state index contributed by atoms with van der Waals surface area (Å²) in [5.41, 5.74) is 2.03. The number of anilines is 1. The summed E-state index contributed by atoms with van der Waals surface area (Å²) in [6, 6.07) is 18.3. The maximum Gasteiger partial charge on any atom is 0.271 e. The molecule has 11 heteroatoms. The first-order chi connectivity index (χ1) is 16.8. The lowest BCUT2D eigenvalue weighted by Crippen LogP contribution is -2.13. The topological polar surface area (TPSA) is 99.3 Å². The standard InChI is InChI=1S/C24H17BrCl2N4O4/c25-19-13-30(12-17-3-1-2-4-20(17)26)29-23(19)28-24(32)16-7-5-15(6-8-16)14-35-22-10-9-18(31(33)34)11-21(22)27/h1-11,13H,12,14H2,(H,28,29,32). The van der Waals surface area contributed by atoms with Crippen LogP contribution < -0.4 is 10.1 Å². The smallest absolute Gasteiger partial charge is 0.271 e. The third-order valence-electron chi connectivity index (χ3n) is 4.98. The maximum atomic E-state index is 12.7. The van der Waals surface area contributed by atoms with Crippen LogP contribution in [0.25, 0.3) is 0 Å². The number of hydrogen-bond donors (Lipinski definition) is 1. The molecule has 0 unspecified atom stereocenters. The van der Waals surface area contributed by atoms with Crippen LogP contribution in [0.2, 0.25) is 10.0 Å². The van der Waals surface area contributed by atoms with Crippen molar-refractivity contribution < 1.29 is 14.5 Å². The number of amides is 1. The molecule has 0 aliphatic rings. The highest BCUT2D eigenvalue weighted by molar-refractivity contribution is 9.10. The Bertz CT molecular complexity index is 1390. The first-order valence-corrected chi connectivity index (χ1v) is 11.8. The van der Waals surface area contributed by atoms with Crippen LogP contribution in [0.1, 0.15) is 21.5 Å². The lowest BCUT2D eigenvalue weighted by molar-refractivity contribution is -0.384. The molecule has 0 radical (unpaired) electrons. The van der Waals surface area contributed by atoms with Crippen LogP contribution in [0, 0.1) is 10.1 Å². The van der Waals surface area contributed by atoms with Gasteiger partial charge < -0.3 is 10.1 Å². The maximum absolute atomic E-state index is 12.7. The van der Waals surface area contributed by atoms with Crippen molar-refractivity contribution >= 4 is 56.5 Å². The molecule has 0 saturated carbocycles. The zero-order chi connectivity index (χ0) is 24.9. The van der Waals surface area contributed by atoms with Gasteiger partial charge in [0.15, 0.2) is 5.82 Å². The molecule has 3 aromatic carbocycles. The van der Waals surface area contributed by atoms with E-state index >= 15 is 0 Å². The molecule has 0 bridgehead atoms. The molecular formula is C24H17BrCl2N4O4. The van der Waals surface area contributed by atoms with Gasteiger partial charge in [-0.3, -0.25) is 19.6 Å². The van der Waals surface area contributed by atoms with Crippen LogP contribution in [0.3, 0.4) is 0 Å². The van der Waals surface area contributed by atoms with Gasteiger partial charge in [0.1, 0.15) is 12.4 Å². The molecule has 1 N–H and O–H groups in total. The molecule has 0 aliphatic heterocycles. The zero-order valence-electron chi connectivity index (χ0n) is 18.0. The van der Waals surface area contributed by atoms with E-state index in [2.05, 4.69) is 26.3 Å². The van der Waals surface area contributed by atoms with Gasteiger partial charge >= 0.3 is 0 Å². The number of non-ortho nitro benzene ring substituents is 1. The predicted molar refractivity (Wildman–Crippen MR) is 137 cm³/mol. The molecule has 4 rings (SSSR count). The Labute approximate surface area is 218 Å². The minimum absolute atomic E-state index is 0.113. The molecule has 8 nitrogen and oxygen atoms in total. The number of halogens is 3. The summed E-state index contributed by atoms with van der Waals surface area (Å²) >= 11 is 15.7. The Kier molecular flexibility index (Phi) is 7.70. The van der Waals surface area contributed by atoms with Crippen molar-refractivity contribution in [3.8, 4) is 5.75 Å². The van der Waals surface area contributed by atoms with Gasteiger partial charge in [-0.25, -0.2) is 0 Å². The van der Waals surface area contributed by atoms with E-state index in [0.29, 0.717) is 33.2 Å². The van der Waals surface area contributed by atoms with Crippen molar-refractivity contribution in [1.29, 1.82) is 0 Å². The quantitative estimate of drug-likeness (QED) is 0.185. The summed E-state index contributed by atoms with van der Waals surface area (Å²) < 4.78 is 7.97. The van der Waals surface area contributed by atoms with E-state index in [-0.39, 0.29) is 23.2 Å². The fraction of sp³-hybridized carbons (Fsp3) is 0.0833. The van der Waals surface area contributed by atoms with Crippen LogP contribution in [-0.2, 0) is 13.2 Å². The number of nitro benzene ring substituents is 1. The predicted octanol–water partition coefficient (Wildman–Crippen LogP) is 6.74. The Morgan fingerprint density at radius 2 is 1.83 bits per heavy atom. The first kappa shape index (κ1) is 24.7. The van der Waals surface area contributed by atoms with Crippen LogP contribution >= 0.6 is 39.1 Å². The van der Waals surface area contributed by atoms with Crippen molar-refractivity contribution in [2.24, 2.45) is 0 Å². The molecule has 1 amide bonds. The number of benzene rings is 3. The SMILES string of the molecule is O=C(Nc1nn(Cc2ccccc2Cl)cc1Br)c1ccc(COc2ccc([N+](=O)[O-])cc2Cl)cc1. The van der Waals surface area contributed by atoms with E-state index < -0.39 is 4.92 Å². The molecule has 1 aromatic heterocycles. The summed E-state index contributed by atoms with van der Waals surface area (Å²) in [6.07, 6.45) is 1.77. The van der Waals surface area contributed by atoms with Gasteiger partial charge in [-0.15, -0.1) is 0 Å². The van der Waals surface area contributed by atoms with E-state index in [0.717, 1.165) is 11.1 Å². The summed E-state index contributed by atoms with van der Waals surface area (Å²) in [4.78, 5) is 23.0. The number of carbonyl (C=O) groups is 1. The second kappa shape index (κ2) is 10.9. The normalized spacial score (nSPS) is 10.7. The lowest BCUT2D eigenvalue weighted by atomic mass is 10.1. The van der Waals surface area contributed by atoms with Crippen molar-refractivity contribution in [2.75, 3.05) is 5.32 Å². The van der Waals surface area contributed by atoms with E-state index in [1.54, 1.807) is 35.1 Å². The number of nitrogens with zero attached hydrogens (tertiary/aromatic N) is 3. The second-order valence-corrected chi connectivity index (χ2v) is 9.09. The monoisotopic (exact) mass is 574 g/mol. The second-order valence-electron chi connectivity index (χ2n) is 7.43. The number of nitro groups is 1. The van der Waals surface area contributed by atoms with Crippen molar-refractivity contribution in [3.63, 3.8) is 0 Å². The molecule has 0 saturated heterocycles. The molecule has 35 heavy (non-hydrogen) atoms. The highest BCUT2D eigenvalue weighted by atomic mass is 79.9. The molecule has 0 aliphatic carbocycles. The number of carbonyl (C=O) groups excluding carboxylic acids is 1. The van der Waals surface area contributed by atoms with E-state index in [1.807, 2.05) is 24.3 Å². The molecule has 0 atom stereocenters. The Morgan fingerprint density at radius 1 is 1.09 bits per heavy atom. The van der Waals surface area contributed by atoms with Crippen LogP contribution in [0.4, 0.5) is 11.5 Å². The molecular weight excluding hydrogens is 559 g/mol. The number of hydrogen-bond acceptors (Lipinski definition) is 5. The number of aromatic nitrogens is 2. The number of rotatable bonds is 8. The van der Waals surface area contributed by atoms with Gasteiger partial charge in [-0.05, 0) is 51.3 Å². The fourth-order valence-corrected chi connectivity index (χ4v) is 4.02. The number of nitrogens with one attached hydrogen (secondary N) is 1. The number of ether oxygens (including phenoxy) is 1. The van der Waals surface area contributed by atoms with Gasteiger partial charge in [0.05, 0.1) is 21.0 Å². The minimum atomic E-state index is -0.526.